The third kappa shape index (κ3) is 4.75. The highest BCUT2D eigenvalue weighted by atomic mass is 32.2. The van der Waals surface area contributed by atoms with E-state index in [1.807, 2.05) is 19.1 Å². The first kappa shape index (κ1) is 23.0. The number of hydrogen-bond donors (Lipinski definition) is 0. The molecule has 172 valence electrons. The Hall–Kier alpha value is -4.22. The van der Waals surface area contributed by atoms with Gasteiger partial charge in [-0.25, -0.2) is 17.5 Å². The van der Waals surface area contributed by atoms with Gasteiger partial charge in [0.25, 0.3) is 10.0 Å². The number of para-hydroxylation sites is 1. The molecule has 0 unspecified atom stereocenters. The zero-order valence-corrected chi connectivity index (χ0v) is 19.5. The van der Waals surface area contributed by atoms with Crippen molar-refractivity contribution in [3.63, 3.8) is 0 Å². The Morgan fingerprint density at radius 3 is 2.41 bits per heavy atom. The standard InChI is InChI=1S/C26H22N2O5S/c1-20-10-12-23(13-11-20)34(30,31)28(19-22-8-6-18-33-22)17-14-21-7-5-9-24(26(29)32-2)25(21)27-15-3-4-16-27/h3-13,15-16,18H,19H2,1-2H3. The van der Waals surface area contributed by atoms with E-state index >= 15 is 0 Å². The number of esters is 1. The Morgan fingerprint density at radius 1 is 1.03 bits per heavy atom. The minimum Gasteiger partial charge on any atom is -0.467 e. The molecule has 4 aromatic rings. The Morgan fingerprint density at radius 2 is 1.76 bits per heavy atom. The van der Waals surface area contributed by atoms with Gasteiger partial charge in [0.2, 0.25) is 0 Å². The average molecular weight is 475 g/mol. The van der Waals surface area contributed by atoms with E-state index in [2.05, 4.69) is 12.0 Å². The van der Waals surface area contributed by atoms with Gasteiger partial charge in [0, 0.05) is 18.4 Å². The van der Waals surface area contributed by atoms with Crippen molar-refractivity contribution in [1.82, 2.24) is 8.87 Å². The van der Waals surface area contributed by atoms with Crippen LogP contribution in [0.3, 0.4) is 0 Å². The molecule has 0 amide bonds. The van der Waals surface area contributed by atoms with Gasteiger partial charge in [0.05, 0.1) is 35.1 Å². The number of hydrogen-bond acceptors (Lipinski definition) is 5. The molecule has 34 heavy (non-hydrogen) atoms. The van der Waals surface area contributed by atoms with Gasteiger partial charge in [0.15, 0.2) is 0 Å². The third-order valence-corrected chi connectivity index (χ3v) is 6.78. The van der Waals surface area contributed by atoms with Crippen molar-refractivity contribution in [2.75, 3.05) is 7.11 Å². The number of ether oxygens (including phenoxy) is 1. The van der Waals surface area contributed by atoms with Crippen LogP contribution in [0.5, 0.6) is 0 Å². The van der Waals surface area contributed by atoms with Crippen molar-refractivity contribution in [1.29, 1.82) is 0 Å². The first-order chi connectivity index (χ1) is 16.4. The summed E-state index contributed by atoms with van der Waals surface area (Å²) in [4.78, 5) is 12.5. The molecular weight excluding hydrogens is 452 g/mol. The van der Waals surface area contributed by atoms with Gasteiger partial charge in [-0.3, -0.25) is 0 Å². The summed E-state index contributed by atoms with van der Waals surface area (Å²) in [5.41, 5.74) is 2.21. The van der Waals surface area contributed by atoms with E-state index in [1.54, 1.807) is 71.6 Å². The van der Waals surface area contributed by atoms with Crippen LogP contribution in [0, 0.1) is 18.9 Å². The van der Waals surface area contributed by atoms with Crippen LogP contribution in [0.15, 0.2) is 94.7 Å². The fraction of sp³-hybridized carbons (Fsp3) is 0.115. The quantitative estimate of drug-likeness (QED) is 0.236. The lowest BCUT2D eigenvalue weighted by atomic mass is 10.1. The normalized spacial score (nSPS) is 10.9. The number of rotatable bonds is 6. The van der Waals surface area contributed by atoms with Crippen LogP contribution in [0.25, 0.3) is 5.69 Å². The minimum atomic E-state index is -3.96. The number of benzene rings is 2. The first-order valence-electron chi connectivity index (χ1n) is 10.4. The molecule has 0 fully saturated rings. The van der Waals surface area contributed by atoms with E-state index in [1.165, 1.54) is 13.4 Å². The molecule has 0 bridgehead atoms. The predicted molar refractivity (Wildman–Crippen MR) is 127 cm³/mol. The molecule has 0 atom stereocenters. The van der Waals surface area contributed by atoms with E-state index in [4.69, 9.17) is 9.15 Å². The number of furan rings is 1. The molecule has 0 aliphatic rings. The summed E-state index contributed by atoms with van der Waals surface area (Å²) in [5, 5.41) is 0. The van der Waals surface area contributed by atoms with Crippen LogP contribution in [0.2, 0.25) is 0 Å². The molecule has 7 nitrogen and oxygen atoms in total. The topological polar surface area (TPSA) is 81.8 Å². The maximum atomic E-state index is 13.4. The maximum absolute atomic E-state index is 13.4. The number of aromatic nitrogens is 1. The summed E-state index contributed by atoms with van der Waals surface area (Å²) in [6, 6.07) is 21.4. The Balaban J connectivity index is 1.83. The molecule has 0 aliphatic carbocycles. The zero-order chi connectivity index (χ0) is 24.1. The lowest BCUT2D eigenvalue weighted by Crippen LogP contribution is -2.26. The number of nitrogens with zero attached hydrogens (tertiary/aromatic N) is 2. The fourth-order valence-electron chi connectivity index (χ4n) is 3.37. The molecule has 4 rings (SSSR count). The fourth-order valence-corrected chi connectivity index (χ4v) is 4.57. The SMILES string of the molecule is COC(=O)c1cccc(C#CN(Cc2ccco2)S(=O)(=O)c2ccc(C)cc2)c1-n1cccc1. The predicted octanol–water partition coefficient (Wildman–Crippen LogP) is 4.37. The van der Waals surface area contributed by atoms with Gasteiger partial charge >= 0.3 is 5.97 Å². The summed E-state index contributed by atoms with van der Waals surface area (Å²) in [6.45, 7) is 1.81. The smallest absolute Gasteiger partial charge is 0.340 e. The van der Waals surface area contributed by atoms with Crippen LogP contribution < -0.4 is 0 Å². The average Bonchev–Trinajstić information content (AvgIpc) is 3.55. The lowest BCUT2D eigenvalue weighted by Gasteiger charge is -2.17. The first-order valence-corrected chi connectivity index (χ1v) is 11.8. The van der Waals surface area contributed by atoms with Crippen molar-refractivity contribution in [2.45, 2.75) is 18.4 Å². The van der Waals surface area contributed by atoms with E-state index in [-0.39, 0.29) is 11.4 Å². The second kappa shape index (κ2) is 9.73. The second-order valence-electron chi connectivity index (χ2n) is 7.42. The van der Waals surface area contributed by atoms with Crippen LogP contribution in [0.4, 0.5) is 0 Å². The van der Waals surface area contributed by atoms with Crippen LogP contribution >= 0.6 is 0 Å². The molecule has 0 aliphatic heterocycles. The highest BCUT2D eigenvalue weighted by Gasteiger charge is 2.24. The monoisotopic (exact) mass is 474 g/mol. The highest BCUT2D eigenvalue weighted by molar-refractivity contribution is 7.89. The maximum Gasteiger partial charge on any atom is 0.340 e. The van der Waals surface area contributed by atoms with Crippen LogP contribution in [-0.4, -0.2) is 30.4 Å². The number of methoxy groups -OCH3 is 1. The summed E-state index contributed by atoms with van der Waals surface area (Å²) < 4.78 is 39.9. The molecule has 0 radical (unpaired) electrons. The third-order valence-electron chi connectivity index (χ3n) is 5.11. The van der Waals surface area contributed by atoms with Crippen molar-refractivity contribution in [3.05, 3.63) is 108 Å². The van der Waals surface area contributed by atoms with Gasteiger partial charge in [-0.1, -0.05) is 23.8 Å². The molecule has 0 N–H and O–H groups in total. The molecule has 0 spiro atoms. The van der Waals surface area contributed by atoms with Gasteiger partial charge < -0.3 is 13.7 Å². The van der Waals surface area contributed by atoms with E-state index in [0.717, 1.165) is 9.87 Å². The summed E-state index contributed by atoms with van der Waals surface area (Å²) in [5.74, 6) is 2.87. The summed E-state index contributed by atoms with van der Waals surface area (Å²) in [6.07, 6.45) is 5.02. The van der Waals surface area contributed by atoms with Crippen molar-refractivity contribution >= 4 is 16.0 Å². The molecular formula is C26H22N2O5S. The van der Waals surface area contributed by atoms with Crippen LogP contribution in [-0.2, 0) is 21.3 Å². The van der Waals surface area contributed by atoms with E-state index in [9.17, 15) is 13.2 Å². The van der Waals surface area contributed by atoms with E-state index < -0.39 is 16.0 Å². The Labute approximate surface area is 198 Å². The lowest BCUT2D eigenvalue weighted by molar-refractivity contribution is 0.0600. The van der Waals surface area contributed by atoms with Crippen molar-refractivity contribution in [2.24, 2.45) is 0 Å². The van der Waals surface area contributed by atoms with Gasteiger partial charge in [0.1, 0.15) is 12.3 Å². The Kier molecular flexibility index (Phi) is 6.57. The molecule has 2 aromatic carbocycles. The highest BCUT2D eigenvalue weighted by Crippen LogP contribution is 2.22. The molecule has 2 heterocycles. The molecule has 0 saturated carbocycles. The number of carbonyl (C=O) groups is 1. The molecule has 2 aromatic heterocycles. The minimum absolute atomic E-state index is 0.0776. The zero-order valence-electron chi connectivity index (χ0n) is 18.6. The van der Waals surface area contributed by atoms with Crippen molar-refractivity contribution in [3.8, 4) is 17.7 Å². The van der Waals surface area contributed by atoms with E-state index in [0.29, 0.717) is 22.6 Å². The number of sulfonamides is 1. The van der Waals surface area contributed by atoms with Crippen molar-refractivity contribution < 1.29 is 22.4 Å². The molecule has 0 saturated heterocycles. The summed E-state index contributed by atoms with van der Waals surface area (Å²) in [7, 11) is -2.66. The van der Waals surface area contributed by atoms with Gasteiger partial charge in [-0.15, -0.1) is 0 Å². The Bertz CT molecular complexity index is 1440. The number of aryl methyl sites for hydroxylation is 1. The number of carbonyl (C=O) groups excluding carboxylic acids is 1. The second-order valence-corrected chi connectivity index (χ2v) is 9.29. The van der Waals surface area contributed by atoms with Gasteiger partial charge in [-0.2, -0.15) is 0 Å². The molecule has 8 heteroatoms. The summed E-state index contributed by atoms with van der Waals surface area (Å²) >= 11 is 0. The van der Waals surface area contributed by atoms with Crippen LogP contribution in [0.1, 0.15) is 27.2 Å². The largest absolute Gasteiger partial charge is 0.467 e. The van der Waals surface area contributed by atoms with Gasteiger partial charge in [-0.05, 0) is 61.4 Å².